The topological polar surface area (TPSA) is 12.0 Å². The zero-order chi connectivity index (χ0) is 14.8. The van der Waals surface area contributed by atoms with Crippen molar-refractivity contribution in [1.82, 2.24) is 5.32 Å². The Balaban J connectivity index is 2.50. The first-order chi connectivity index (χ1) is 9.69. The average molecular weight is 297 g/mol. The van der Waals surface area contributed by atoms with Crippen LogP contribution in [-0.4, -0.2) is 18.3 Å². The van der Waals surface area contributed by atoms with Crippen molar-refractivity contribution in [1.29, 1.82) is 0 Å². The van der Waals surface area contributed by atoms with Crippen molar-refractivity contribution in [3.8, 4) is 0 Å². The summed E-state index contributed by atoms with van der Waals surface area (Å²) in [5.74, 6) is 1.66. The van der Waals surface area contributed by atoms with Crippen molar-refractivity contribution in [3.05, 3.63) is 30.1 Å². The fourth-order valence-corrected chi connectivity index (χ4v) is 3.36. The molecule has 1 unspecified atom stereocenters. The Hall–Kier alpha value is -0.540. The molecule has 1 nitrogen and oxygen atoms in total. The highest BCUT2D eigenvalue weighted by Gasteiger charge is 2.14. The van der Waals surface area contributed by atoms with E-state index in [0.29, 0.717) is 6.04 Å². The van der Waals surface area contributed by atoms with Crippen LogP contribution in [0.3, 0.4) is 0 Å². The zero-order valence-electron chi connectivity index (χ0n) is 13.0. The quantitative estimate of drug-likeness (QED) is 0.602. The van der Waals surface area contributed by atoms with Gasteiger partial charge in [0.25, 0.3) is 0 Å². The molecule has 0 bridgehead atoms. The molecular weight excluding hydrogens is 269 g/mol. The number of nitrogens with one attached hydrogen (secondary N) is 1. The van der Waals surface area contributed by atoms with E-state index in [1.54, 1.807) is 23.9 Å². The number of benzene rings is 1. The summed E-state index contributed by atoms with van der Waals surface area (Å²) in [5, 5.41) is 3.64. The van der Waals surface area contributed by atoms with E-state index >= 15 is 0 Å². The second-order valence-corrected chi connectivity index (χ2v) is 6.43. The smallest absolute Gasteiger partial charge is 0.124 e. The number of rotatable bonds is 10. The standard InChI is InChI=1S/C17H28FNS/c1-4-10-19-16(11-14(5-2)6-3)13-20-17-9-7-8-15(18)12-17/h7-9,12,14,16,19H,4-6,10-11,13H2,1-3H3. The van der Waals surface area contributed by atoms with Gasteiger partial charge in [-0.1, -0.05) is 39.7 Å². The van der Waals surface area contributed by atoms with Crippen molar-refractivity contribution in [3.63, 3.8) is 0 Å². The maximum Gasteiger partial charge on any atom is 0.124 e. The van der Waals surface area contributed by atoms with E-state index < -0.39 is 0 Å². The van der Waals surface area contributed by atoms with E-state index in [4.69, 9.17) is 0 Å². The first-order valence-corrected chi connectivity index (χ1v) is 8.79. The molecule has 0 saturated carbocycles. The van der Waals surface area contributed by atoms with Crippen molar-refractivity contribution in [2.75, 3.05) is 12.3 Å². The van der Waals surface area contributed by atoms with E-state index in [9.17, 15) is 4.39 Å². The SMILES string of the molecule is CCCNC(CSc1cccc(F)c1)CC(CC)CC. The minimum atomic E-state index is -0.145. The average Bonchev–Trinajstić information content (AvgIpc) is 2.46. The van der Waals surface area contributed by atoms with Crippen LogP contribution >= 0.6 is 11.8 Å². The van der Waals surface area contributed by atoms with Gasteiger partial charge in [0.1, 0.15) is 5.82 Å². The molecule has 0 aliphatic heterocycles. The molecule has 0 radical (unpaired) electrons. The Bertz CT molecular complexity index is 366. The van der Waals surface area contributed by atoms with Crippen LogP contribution < -0.4 is 5.32 Å². The van der Waals surface area contributed by atoms with Crippen LogP contribution in [0.1, 0.15) is 46.5 Å². The van der Waals surface area contributed by atoms with Gasteiger partial charge in [0.15, 0.2) is 0 Å². The van der Waals surface area contributed by atoms with E-state index in [-0.39, 0.29) is 5.82 Å². The van der Waals surface area contributed by atoms with Gasteiger partial charge in [-0.3, -0.25) is 0 Å². The molecule has 3 heteroatoms. The van der Waals surface area contributed by atoms with E-state index in [2.05, 4.69) is 26.1 Å². The summed E-state index contributed by atoms with van der Waals surface area (Å²) < 4.78 is 13.2. The Labute approximate surface area is 127 Å². The normalized spacial score (nSPS) is 12.8. The fraction of sp³-hybridized carbons (Fsp3) is 0.647. The fourth-order valence-electron chi connectivity index (χ4n) is 2.34. The molecule has 0 amide bonds. The third-order valence-corrected chi connectivity index (χ3v) is 4.86. The predicted octanol–water partition coefficient (Wildman–Crippen LogP) is 5.11. The lowest BCUT2D eigenvalue weighted by molar-refractivity contribution is 0.384. The molecular formula is C17H28FNS. The van der Waals surface area contributed by atoms with Crippen LogP contribution in [0.4, 0.5) is 4.39 Å². The summed E-state index contributed by atoms with van der Waals surface area (Å²) in [6, 6.07) is 7.42. The predicted molar refractivity (Wildman–Crippen MR) is 87.9 cm³/mol. The highest BCUT2D eigenvalue weighted by Crippen LogP contribution is 2.23. The molecule has 114 valence electrons. The van der Waals surface area contributed by atoms with Crippen molar-refractivity contribution < 1.29 is 4.39 Å². The Kier molecular flexibility index (Phi) is 8.95. The Morgan fingerprint density at radius 2 is 1.95 bits per heavy atom. The summed E-state index contributed by atoms with van der Waals surface area (Å²) in [6.07, 6.45) is 4.86. The number of thioether (sulfide) groups is 1. The van der Waals surface area contributed by atoms with Crippen LogP contribution in [0.2, 0.25) is 0 Å². The van der Waals surface area contributed by atoms with Gasteiger partial charge in [-0.05, 0) is 43.5 Å². The lowest BCUT2D eigenvalue weighted by atomic mass is 9.95. The summed E-state index contributed by atoms with van der Waals surface area (Å²) in [5.41, 5.74) is 0. The first kappa shape index (κ1) is 17.5. The summed E-state index contributed by atoms with van der Waals surface area (Å²) >= 11 is 1.75. The number of hydrogen-bond donors (Lipinski definition) is 1. The van der Waals surface area contributed by atoms with Gasteiger partial charge in [0.05, 0.1) is 0 Å². The molecule has 1 N–H and O–H groups in total. The van der Waals surface area contributed by atoms with Crippen LogP contribution in [0.5, 0.6) is 0 Å². The molecule has 20 heavy (non-hydrogen) atoms. The first-order valence-electron chi connectivity index (χ1n) is 7.81. The van der Waals surface area contributed by atoms with Gasteiger partial charge in [0, 0.05) is 16.7 Å². The number of halogens is 1. The van der Waals surface area contributed by atoms with Crippen molar-refractivity contribution in [2.45, 2.75) is 57.4 Å². The van der Waals surface area contributed by atoms with Crippen molar-refractivity contribution >= 4 is 11.8 Å². The van der Waals surface area contributed by atoms with Gasteiger partial charge in [0.2, 0.25) is 0 Å². The second-order valence-electron chi connectivity index (χ2n) is 5.34. The van der Waals surface area contributed by atoms with Gasteiger partial charge in [-0.15, -0.1) is 11.8 Å². The zero-order valence-corrected chi connectivity index (χ0v) is 13.8. The van der Waals surface area contributed by atoms with Crippen LogP contribution in [0.25, 0.3) is 0 Å². The third-order valence-electron chi connectivity index (χ3n) is 3.70. The molecule has 0 aliphatic rings. The highest BCUT2D eigenvalue weighted by atomic mass is 32.2. The van der Waals surface area contributed by atoms with Gasteiger partial charge < -0.3 is 5.32 Å². The Morgan fingerprint density at radius 3 is 2.55 bits per heavy atom. The molecule has 0 saturated heterocycles. The molecule has 1 aromatic carbocycles. The summed E-state index contributed by atoms with van der Waals surface area (Å²) in [6.45, 7) is 7.80. The molecule has 0 aromatic heterocycles. The maximum atomic E-state index is 13.2. The van der Waals surface area contributed by atoms with E-state index in [1.807, 2.05) is 6.07 Å². The van der Waals surface area contributed by atoms with Crippen molar-refractivity contribution in [2.24, 2.45) is 5.92 Å². The molecule has 0 aliphatic carbocycles. The second kappa shape index (κ2) is 10.2. The monoisotopic (exact) mass is 297 g/mol. The minimum Gasteiger partial charge on any atom is -0.313 e. The van der Waals surface area contributed by atoms with Crippen LogP contribution in [-0.2, 0) is 0 Å². The minimum absolute atomic E-state index is 0.145. The summed E-state index contributed by atoms with van der Waals surface area (Å²) in [4.78, 5) is 1.03. The van der Waals surface area contributed by atoms with Gasteiger partial charge in [-0.2, -0.15) is 0 Å². The largest absolute Gasteiger partial charge is 0.313 e. The molecule has 1 atom stereocenters. The molecule has 1 rings (SSSR count). The van der Waals surface area contributed by atoms with Gasteiger partial charge >= 0.3 is 0 Å². The van der Waals surface area contributed by atoms with Gasteiger partial charge in [-0.25, -0.2) is 4.39 Å². The lowest BCUT2D eigenvalue weighted by Crippen LogP contribution is -2.33. The molecule has 0 spiro atoms. The Morgan fingerprint density at radius 1 is 1.20 bits per heavy atom. The summed E-state index contributed by atoms with van der Waals surface area (Å²) in [7, 11) is 0. The third kappa shape index (κ3) is 6.76. The molecule has 0 fully saturated rings. The maximum absolute atomic E-state index is 13.2. The molecule has 1 aromatic rings. The van der Waals surface area contributed by atoms with Crippen LogP contribution in [0, 0.1) is 11.7 Å². The van der Waals surface area contributed by atoms with E-state index in [1.165, 1.54) is 25.3 Å². The highest BCUT2D eigenvalue weighted by molar-refractivity contribution is 7.99. The van der Waals surface area contributed by atoms with E-state index in [0.717, 1.165) is 29.5 Å². The number of hydrogen-bond acceptors (Lipinski definition) is 2. The lowest BCUT2D eigenvalue weighted by Gasteiger charge is -2.23. The molecule has 0 heterocycles. The van der Waals surface area contributed by atoms with Crippen LogP contribution in [0.15, 0.2) is 29.2 Å².